The summed E-state index contributed by atoms with van der Waals surface area (Å²) in [5.74, 6) is 0.220. The van der Waals surface area contributed by atoms with Gasteiger partial charge in [0, 0.05) is 5.57 Å². The lowest BCUT2D eigenvalue weighted by Gasteiger charge is -2.09. The van der Waals surface area contributed by atoms with Crippen LogP contribution in [0.25, 0.3) is 5.57 Å². The van der Waals surface area contributed by atoms with Gasteiger partial charge < -0.3 is 5.11 Å². The van der Waals surface area contributed by atoms with Gasteiger partial charge in [0.2, 0.25) is 0 Å². The average Bonchev–Trinajstić information content (AvgIpc) is 2.30. The number of aryl methyl sites for hydroxylation is 1. The molecule has 0 radical (unpaired) electrons. The third-order valence-corrected chi connectivity index (χ3v) is 2.49. The summed E-state index contributed by atoms with van der Waals surface area (Å²) in [4.78, 5) is 11.0. The second kappa shape index (κ2) is 5.85. The molecule has 0 amide bonds. The average molecular weight is 228 g/mol. The monoisotopic (exact) mass is 228 g/mol. The molecule has 1 rings (SSSR count). The zero-order chi connectivity index (χ0) is 12.8. The summed E-state index contributed by atoms with van der Waals surface area (Å²) in [5, 5.41) is 9.38. The predicted molar refractivity (Wildman–Crippen MR) is 70.8 cm³/mol. The molecule has 17 heavy (non-hydrogen) atoms. The van der Waals surface area contributed by atoms with Gasteiger partial charge in [-0.3, -0.25) is 4.79 Å². The molecule has 1 aromatic carbocycles. The Morgan fingerprint density at radius 1 is 1.41 bits per heavy atom. The molecule has 0 saturated heterocycles. The molecule has 0 aliphatic heterocycles. The lowest BCUT2D eigenvalue weighted by molar-refractivity contribution is -0.104. The Morgan fingerprint density at radius 2 is 2.12 bits per heavy atom. The van der Waals surface area contributed by atoms with E-state index in [-0.39, 0.29) is 5.75 Å². The van der Waals surface area contributed by atoms with Crippen molar-refractivity contribution in [1.29, 1.82) is 0 Å². The van der Waals surface area contributed by atoms with Crippen LogP contribution < -0.4 is 0 Å². The SMILES string of the molecule is C=C/C(C=O)=C(\C=C/C)c1ccc(O)cc1C. The first-order chi connectivity index (χ1) is 8.13. The molecule has 0 unspecified atom stereocenters. The second-order valence-electron chi connectivity index (χ2n) is 3.69. The fourth-order valence-corrected chi connectivity index (χ4v) is 1.68. The first kappa shape index (κ1) is 13.0. The fourth-order valence-electron chi connectivity index (χ4n) is 1.68. The number of carbonyl (C=O) groups excluding carboxylic acids is 1. The quantitative estimate of drug-likeness (QED) is 0.487. The van der Waals surface area contributed by atoms with Crippen molar-refractivity contribution in [2.45, 2.75) is 13.8 Å². The lowest BCUT2D eigenvalue weighted by Crippen LogP contribution is -1.92. The van der Waals surface area contributed by atoms with Gasteiger partial charge >= 0.3 is 0 Å². The van der Waals surface area contributed by atoms with Crippen LogP contribution in [0.5, 0.6) is 5.75 Å². The Balaban J connectivity index is 3.48. The summed E-state index contributed by atoms with van der Waals surface area (Å²) in [6.07, 6.45) is 6.06. The van der Waals surface area contributed by atoms with Crippen LogP contribution in [0.3, 0.4) is 0 Å². The highest BCUT2D eigenvalue weighted by atomic mass is 16.3. The summed E-state index contributed by atoms with van der Waals surface area (Å²) in [6, 6.07) is 5.08. The van der Waals surface area contributed by atoms with Crippen molar-refractivity contribution in [3.05, 3.63) is 59.7 Å². The number of rotatable bonds is 4. The van der Waals surface area contributed by atoms with E-state index in [9.17, 15) is 9.90 Å². The van der Waals surface area contributed by atoms with Crippen LogP contribution in [0.1, 0.15) is 18.1 Å². The van der Waals surface area contributed by atoms with Gasteiger partial charge in [0.05, 0.1) is 0 Å². The molecule has 1 aromatic rings. The molecule has 0 aliphatic carbocycles. The zero-order valence-electron chi connectivity index (χ0n) is 10.1. The van der Waals surface area contributed by atoms with Crippen LogP contribution in [0.2, 0.25) is 0 Å². The normalized spacial score (nSPS) is 12.4. The van der Waals surface area contributed by atoms with Gasteiger partial charge in [-0.05, 0) is 42.7 Å². The molecule has 0 aliphatic rings. The summed E-state index contributed by atoms with van der Waals surface area (Å²) < 4.78 is 0. The number of phenolic OH excluding ortho intramolecular Hbond substituents is 1. The van der Waals surface area contributed by atoms with Crippen LogP contribution in [-0.2, 0) is 4.79 Å². The van der Waals surface area contributed by atoms with Crippen LogP contribution in [0.15, 0.2) is 48.6 Å². The van der Waals surface area contributed by atoms with Crippen LogP contribution in [0, 0.1) is 6.92 Å². The first-order valence-electron chi connectivity index (χ1n) is 5.38. The largest absolute Gasteiger partial charge is 0.508 e. The molecule has 0 fully saturated rings. The lowest BCUT2D eigenvalue weighted by atomic mass is 9.95. The van der Waals surface area contributed by atoms with Gasteiger partial charge in [0.1, 0.15) is 5.75 Å². The van der Waals surface area contributed by atoms with E-state index in [1.165, 1.54) is 6.08 Å². The van der Waals surface area contributed by atoms with Crippen LogP contribution in [0.4, 0.5) is 0 Å². The van der Waals surface area contributed by atoms with E-state index in [4.69, 9.17) is 0 Å². The molecule has 1 N–H and O–H groups in total. The Hall–Kier alpha value is -2.09. The van der Waals surface area contributed by atoms with Crippen molar-refractivity contribution in [2.24, 2.45) is 0 Å². The highest BCUT2D eigenvalue weighted by Gasteiger charge is 2.07. The number of phenols is 1. The van der Waals surface area contributed by atoms with Gasteiger partial charge in [-0.15, -0.1) is 0 Å². The van der Waals surface area contributed by atoms with E-state index < -0.39 is 0 Å². The van der Waals surface area contributed by atoms with Crippen molar-refractivity contribution in [3.8, 4) is 5.75 Å². The maximum absolute atomic E-state index is 11.0. The number of hydrogen-bond acceptors (Lipinski definition) is 2. The molecule has 0 aromatic heterocycles. The third kappa shape index (κ3) is 2.94. The summed E-state index contributed by atoms with van der Waals surface area (Å²) in [6.45, 7) is 7.42. The highest BCUT2D eigenvalue weighted by Crippen LogP contribution is 2.26. The van der Waals surface area contributed by atoms with Crippen molar-refractivity contribution in [1.82, 2.24) is 0 Å². The molecule has 88 valence electrons. The van der Waals surface area contributed by atoms with E-state index in [0.29, 0.717) is 5.57 Å². The van der Waals surface area contributed by atoms with Gasteiger partial charge in [-0.1, -0.05) is 30.9 Å². The number of aldehydes is 1. The molecule has 0 saturated carbocycles. The summed E-state index contributed by atoms with van der Waals surface area (Å²) in [7, 11) is 0. The highest BCUT2D eigenvalue weighted by molar-refractivity contribution is 5.95. The van der Waals surface area contributed by atoms with E-state index in [1.54, 1.807) is 18.2 Å². The van der Waals surface area contributed by atoms with Gasteiger partial charge in [-0.25, -0.2) is 0 Å². The van der Waals surface area contributed by atoms with E-state index in [2.05, 4.69) is 6.58 Å². The number of carbonyl (C=O) groups is 1. The minimum Gasteiger partial charge on any atom is -0.508 e. The number of aromatic hydroxyl groups is 1. The smallest absolute Gasteiger partial charge is 0.150 e. The number of hydrogen-bond donors (Lipinski definition) is 1. The maximum atomic E-state index is 11.0. The Morgan fingerprint density at radius 3 is 2.59 bits per heavy atom. The number of allylic oxidation sites excluding steroid dienone is 5. The minimum atomic E-state index is 0.220. The Labute approximate surface area is 102 Å². The molecular formula is C15H16O2. The summed E-state index contributed by atoms with van der Waals surface area (Å²) >= 11 is 0. The Bertz CT molecular complexity index is 484. The van der Waals surface area contributed by atoms with Crippen molar-refractivity contribution in [2.75, 3.05) is 0 Å². The molecule has 2 nitrogen and oxygen atoms in total. The number of benzene rings is 1. The van der Waals surface area contributed by atoms with Crippen molar-refractivity contribution >= 4 is 11.9 Å². The topological polar surface area (TPSA) is 37.3 Å². The third-order valence-electron chi connectivity index (χ3n) is 2.49. The van der Waals surface area contributed by atoms with Crippen molar-refractivity contribution < 1.29 is 9.90 Å². The van der Waals surface area contributed by atoms with Gasteiger partial charge in [0.25, 0.3) is 0 Å². The molecule has 0 atom stereocenters. The fraction of sp³-hybridized carbons (Fsp3) is 0.133. The second-order valence-corrected chi connectivity index (χ2v) is 3.69. The molecule has 2 heteroatoms. The molecule has 0 spiro atoms. The summed E-state index contributed by atoms with van der Waals surface area (Å²) in [5.41, 5.74) is 3.19. The molecule has 0 heterocycles. The standard InChI is InChI=1S/C15H16O2/c1-4-6-15(12(5-2)10-16)14-8-7-13(17)9-11(14)3/h4-10,17H,2H2,1,3H3/b6-4-,15-12-. The predicted octanol–water partition coefficient (Wildman–Crippen LogP) is 3.42. The molecular weight excluding hydrogens is 212 g/mol. The Kier molecular flexibility index (Phi) is 4.46. The minimum absolute atomic E-state index is 0.220. The maximum Gasteiger partial charge on any atom is 0.150 e. The van der Waals surface area contributed by atoms with Crippen LogP contribution in [-0.4, -0.2) is 11.4 Å². The first-order valence-corrected chi connectivity index (χ1v) is 5.38. The van der Waals surface area contributed by atoms with Crippen molar-refractivity contribution in [3.63, 3.8) is 0 Å². The van der Waals surface area contributed by atoms with E-state index in [0.717, 1.165) is 23.0 Å². The molecule has 0 bridgehead atoms. The van der Waals surface area contributed by atoms with Gasteiger partial charge in [0.15, 0.2) is 6.29 Å². The van der Waals surface area contributed by atoms with E-state index in [1.807, 2.05) is 26.0 Å². The van der Waals surface area contributed by atoms with E-state index >= 15 is 0 Å². The van der Waals surface area contributed by atoms with Crippen LogP contribution >= 0.6 is 0 Å². The zero-order valence-corrected chi connectivity index (χ0v) is 10.1. The van der Waals surface area contributed by atoms with Gasteiger partial charge in [-0.2, -0.15) is 0 Å².